The number of carbonyl (C=O) groups is 1. The molecule has 0 radical (unpaired) electrons. The lowest BCUT2D eigenvalue weighted by Gasteiger charge is -2.08. The van der Waals surface area contributed by atoms with Crippen LogP contribution in [0.15, 0.2) is 67.4 Å². The molecule has 0 aliphatic carbocycles. The van der Waals surface area contributed by atoms with Crippen LogP contribution >= 0.6 is 0 Å². The number of benzene rings is 2. The first kappa shape index (κ1) is 13.1. The normalized spacial score (nSPS) is 10.3. The SMILES string of the molecule is C=Cc1ccccc1C(=O)Nc1ccc2cccnc2c1. The topological polar surface area (TPSA) is 42.0 Å². The molecule has 21 heavy (non-hydrogen) atoms. The Morgan fingerprint density at radius 2 is 1.95 bits per heavy atom. The predicted octanol–water partition coefficient (Wildman–Crippen LogP) is 4.13. The summed E-state index contributed by atoms with van der Waals surface area (Å²) in [7, 11) is 0. The molecule has 0 saturated carbocycles. The number of hydrogen-bond acceptors (Lipinski definition) is 2. The van der Waals surface area contributed by atoms with Crippen LogP contribution in [0.2, 0.25) is 0 Å². The maximum absolute atomic E-state index is 12.4. The minimum atomic E-state index is -0.152. The van der Waals surface area contributed by atoms with Gasteiger partial charge < -0.3 is 5.32 Å². The van der Waals surface area contributed by atoms with Crippen molar-refractivity contribution in [3.8, 4) is 0 Å². The quantitative estimate of drug-likeness (QED) is 0.780. The van der Waals surface area contributed by atoms with E-state index in [1.165, 1.54) is 0 Å². The first-order chi connectivity index (χ1) is 10.3. The average molecular weight is 274 g/mol. The smallest absolute Gasteiger partial charge is 0.256 e. The first-order valence-electron chi connectivity index (χ1n) is 6.65. The van der Waals surface area contributed by atoms with Gasteiger partial charge in [-0.3, -0.25) is 9.78 Å². The summed E-state index contributed by atoms with van der Waals surface area (Å²) in [6, 6.07) is 16.9. The van der Waals surface area contributed by atoms with E-state index in [2.05, 4.69) is 16.9 Å². The molecule has 0 aliphatic rings. The Bertz CT molecular complexity index is 824. The Labute approximate surface area is 123 Å². The molecule has 1 aromatic heterocycles. The summed E-state index contributed by atoms with van der Waals surface area (Å²) in [5, 5.41) is 3.94. The van der Waals surface area contributed by atoms with Gasteiger partial charge in [0.05, 0.1) is 5.52 Å². The highest BCUT2D eigenvalue weighted by atomic mass is 16.1. The van der Waals surface area contributed by atoms with E-state index in [-0.39, 0.29) is 5.91 Å². The van der Waals surface area contributed by atoms with Gasteiger partial charge in [-0.05, 0) is 29.8 Å². The molecule has 0 atom stereocenters. The third-order valence-corrected chi connectivity index (χ3v) is 3.29. The second-order valence-corrected chi connectivity index (χ2v) is 4.66. The zero-order valence-electron chi connectivity index (χ0n) is 11.4. The van der Waals surface area contributed by atoms with Gasteiger partial charge in [0, 0.05) is 22.8 Å². The number of anilines is 1. The van der Waals surface area contributed by atoms with Crippen LogP contribution in [-0.2, 0) is 0 Å². The van der Waals surface area contributed by atoms with Crippen molar-refractivity contribution >= 4 is 28.6 Å². The van der Waals surface area contributed by atoms with Gasteiger partial charge in [-0.15, -0.1) is 0 Å². The van der Waals surface area contributed by atoms with Gasteiger partial charge >= 0.3 is 0 Å². The summed E-state index contributed by atoms with van der Waals surface area (Å²) in [5.74, 6) is -0.152. The molecule has 3 rings (SSSR count). The molecule has 3 heteroatoms. The molecule has 0 bridgehead atoms. The fourth-order valence-corrected chi connectivity index (χ4v) is 2.22. The van der Waals surface area contributed by atoms with E-state index >= 15 is 0 Å². The summed E-state index contributed by atoms with van der Waals surface area (Å²) in [4.78, 5) is 16.6. The molecular formula is C18H14N2O. The van der Waals surface area contributed by atoms with Crippen LogP contribution < -0.4 is 5.32 Å². The van der Waals surface area contributed by atoms with Crippen LogP contribution in [0.4, 0.5) is 5.69 Å². The second-order valence-electron chi connectivity index (χ2n) is 4.66. The molecule has 1 heterocycles. The van der Waals surface area contributed by atoms with Crippen LogP contribution in [0.1, 0.15) is 15.9 Å². The Hall–Kier alpha value is -2.94. The number of nitrogens with zero attached hydrogens (tertiary/aromatic N) is 1. The van der Waals surface area contributed by atoms with Gasteiger partial charge in [0.25, 0.3) is 5.91 Å². The van der Waals surface area contributed by atoms with Crippen molar-refractivity contribution in [1.29, 1.82) is 0 Å². The Balaban J connectivity index is 1.91. The van der Waals surface area contributed by atoms with E-state index in [0.717, 1.165) is 22.2 Å². The number of rotatable bonds is 3. The van der Waals surface area contributed by atoms with Crippen molar-refractivity contribution in [2.75, 3.05) is 5.32 Å². The molecule has 1 N–H and O–H groups in total. The van der Waals surface area contributed by atoms with Crippen molar-refractivity contribution in [3.05, 3.63) is 78.5 Å². The summed E-state index contributed by atoms with van der Waals surface area (Å²) in [5.41, 5.74) is 3.00. The van der Waals surface area contributed by atoms with Crippen molar-refractivity contribution in [2.45, 2.75) is 0 Å². The third kappa shape index (κ3) is 2.67. The van der Waals surface area contributed by atoms with Crippen molar-refractivity contribution in [3.63, 3.8) is 0 Å². The van der Waals surface area contributed by atoms with Crippen molar-refractivity contribution < 1.29 is 4.79 Å². The highest BCUT2D eigenvalue weighted by Crippen LogP contribution is 2.18. The van der Waals surface area contributed by atoms with Gasteiger partial charge in [0.15, 0.2) is 0 Å². The van der Waals surface area contributed by atoms with Crippen LogP contribution in [0.5, 0.6) is 0 Å². The molecule has 3 nitrogen and oxygen atoms in total. The highest BCUT2D eigenvalue weighted by Gasteiger charge is 2.09. The fraction of sp³-hybridized carbons (Fsp3) is 0. The molecule has 0 saturated heterocycles. The average Bonchev–Trinajstić information content (AvgIpc) is 2.54. The fourth-order valence-electron chi connectivity index (χ4n) is 2.22. The lowest BCUT2D eigenvalue weighted by Crippen LogP contribution is -2.13. The van der Waals surface area contributed by atoms with E-state index in [4.69, 9.17) is 0 Å². The number of fused-ring (bicyclic) bond motifs is 1. The number of hydrogen-bond donors (Lipinski definition) is 1. The summed E-state index contributed by atoms with van der Waals surface area (Å²) in [6.07, 6.45) is 3.41. The number of aromatic nitrogens is 1. The lowest BCUT2D eigenvalue weighted by atomic mass is 10.1. The minimum Gasteiger partial charge on any atom is -0.322 e. The van der Waals surface area contributed by atoms with Crippen LogP contribution in [0.25, 0.3) is 17.0 Å². The second kappa shape index (κ2) is 5.59. The minimum absolute atomic E-state index is 0.152. The Morgan fingerprint density at radius 1 is 1.10 bits per heavy atom. The highest BCUT2D eigenvalue weighted by molar-refractivity contribution is 6.07. The number of amides is 1. The largest absolute Gasteiger partial charge is 0.322 e. The molecule has 0 unspecified atom stereocenters. The number of pyridine rings is 1. The van der Waals surface area contributed by atoms with Crippen molar-refractivity contribution in [2.24, 2.45) is 0 Å². The molecule has 102 valence electrons. The molecular weight excluding hydrogens is 260 g/mol. The number of nitrogens with one attached hydrogen (secondary N) is 1. The van der Waals surface area contributed by atoms with E-state index < -0.39 is 0 Å². The predicted molar refractivity (Wildman–Crippen MR) is 86.2 cm³/mol. The molecule has 1 amide bonds. The molecule has 0 fully saturated rings. The Kier molecular flexibility index (Phi) is 3.48. The van der Waals surface area contributed by atoms with Crippen molar-refractivity contribution in [1.82, 2.24) is 4.98 Å². The van der Waals surface area contributed by atoms with Gasteiger partial charge in [-0.2, -0.15) is 0 Å². The van der Waals surface area contributed by atoms with Crippen LogP contribution in [0, 0.1) is 0 Å². The number of carbonyl (C=O) groups excluding carboxylic acids is 1. The van der Waals surface area contributed by atoms with Gasteiger partial charge in [-0.1, -0.05) is 43.0 Å². The monoisotopic (exact) mass is 274 g/mol. The standard InChI is InChI=1S/C18H14N2O/c1-2-13-6-3-4-8-16(13)18(21)20-15-10-9-14-7-5-11-19-17(14)12-15/h2-12H,1H2,(H,20,21). The maximum Gasteiger partial charge on any atom is 0.256 e. The maximum atomic E-state index is 12.4. The van der Waals surface area contributed by atoms with E-state index in [0.29, 0.717) is 5.56 Å². The van der Waals surface area contributed by atoms with Crippen LogP contribution in [-0.4, -0.2) is 10.9 Å². The Morgan fingerprint density at radius 3 is 2.81 bits per heavy atom. The summed E-state index contributed by atoms with van der Waals surface area (Å²) in [6.45, 7) is 3.73. The van der Waals surface area contributed by atoms with Crippen LogP contribution in [0.3, 0.4) is 0 Å². The van der Waals surface area contributed by atoms with Gasteiger partial charge in [-0.25, -0.2) is 0 Å². The van der Waals surface area contributed by atoms with E-state index in [1.807, 2.05) is 48.5 Å². The van der Waals surface area contributed by atoms with E-state index in [1.54, 1.807) is 18.3 Å². The first-order valence-corrected chi connectivity index (χ1v) is 6.65. The summed E-state index contributed by atoms with van der Waals surface area (Å²) >= 11 is 0. The van der Waals surface area contributed by atoms with E-state index in [9.17, 15) is 4.79 Å². The molecule has 3 aromatic rings. The molecule has 2 aromatic carbocycles. The third-order valence-electron chi connectivity index (χ3n) is 3.29. The summed E-state index contributed by atoms with van der Waals surface area (Å²) < 4.78 is 0. The lowest BCUT2D eigenvalue weighted by molar-refractivity contribution is 0.102. The molecule has 0 spiro atoms. The van der Waals surface area contributed by atoms with Gasteiger partial charge in [0.1, 0.15) is 0 Å². The zero-order valence-corrected chi connectivity index (χ0v) is 11.4. The van der Waals surface area contributed by atoms with Gasteiger partial charge in [0.2, 0.25) is 0 Å². The molecule has 0 aliphatic heterocycles. The zero-order chi connectivity index (χ0) is 14.7.